The second-order valence-electron chi connectivity index (χ2n) is 17.0. The number of hydrogen-bond donors (Lipinski definition) is 5. The standard InChI is InChI=1S/C37H69FN6O4.C2H6/c1-23(2)9-8-10-28(34(46)43-17-20-44(18-15-39)19-16-42-7)37(41)31-21-30(48-38)33-27(36(31,6)22-32(37)47-25(4)45)12-11-26-24(3)29(40)13-14-35(26,33)5;1-2/h23-24,26-33,42H,8-22,39-41H2,1-7H3,(H,43,46);1-2H3/t24-,26?,27?,28+,29+,30+,31?,32?,33?,35?,36?,37?;/m0./s1. The van der Waals surface area contributed by atoms with Gasteiger partial charge >= 0.3 is 5.97 Å². The molecule has 4 aliphatic rings. The zero-order valence-electron chi connectivity index (χ0n) is 33.1. The molecule has 0 saturated heterocycles. The van der Waals surface area contributed by atoms with Gasteiger partial charge < -0.3 is 32.6 Å². The quantitative estimate of drug-likeness (QED) is 0.142. The smallest absolute Gasteiger partial charge is 0.302 e. The number of esters is 1. The van der Waals surface area contributed by atoms with Gasteiger partial charge in [0.05, 0.1) is 11.5 Å². The van der Waals surface area contributed by atoms with Crippen molar-refractivity contribution < 1.29 is 23.8 Å². The lowest BCUT2D eigenvalue weighted by molar-refractivity contribution is -0.273. The van der Waals surface area contributed by atoms with Gasteiger partial charge in [0.25, 0.3) is 0 Å². The lowest BCUT2D eigenvalue weighted by atomic mass is 9.41. The van der Waals surface area contributed by atoms with Gasteiger partial charge in [-0.25, -0.2) is 0 Å². The topological polar surface area (TPSA) is 158 Å². The third-order valence-electron chi connectivity index (χ3n) is 13.9. The predicted octanol–water partition coefficient (Wildman–Crippen LogP) is 4.79. The molecular formula is C39H75FN6O4. The highest BCUT2D eigenvalue weighted by atomic mass is 19.3. The summed E-state index contributed by atoms with van der Waals surface area (Å²) >= 11 is 0. The van der Waals surface area contributed by atoms with Crippen molar-refractivity contribution in [3.8, 4) is 0 Å². The van der Waals surface area contributed by atoms with Crippen LogP contribution in [0.1, 0.15) is 113 Å². The Kier molecular flexibility index (Phi) is 16.0. The summed E-state index contributed by atoms with van der Waals surface area (Å²) in [5, 5.41) is 6.40. The number of nitrogens with zero attached hydrogens (tertiary/aromatic N) is 1. The third-order valence-corrected chi connectivity index (χ3v) is 13.9. The fourth-order valence-corrected chi connectivity index (χ4v) is 11.5. The number of ether oxygens (including phenoxy) is 1. The van der Waals surface area contributed by atoms with E-state index < -0.39 is 29.6 Å². The van der Waals surface area contributed by atoms with Crippen LogP contribution in [0.4, 0.5) is 4.53 Å². The molecule has 0 aromatic rings. The van der Waals surface area contributed by atoms with E-state index >= 15 is 0 Å². The number of hydrogen-bond acceptors (Lipinski definition) is 9. The van der Waals surface area contributed by atoms with Gasteiger partial charge in [-0.2, -0.15) is 4.94 Å². The lowest BCUT2D eigenvalue weighted by Crippen LogP contribution is -2.67. The maximum Gasteiger partial charge on any atom is 0.302 e. The number of amides is 1. The minimum atomic E-state index is -1.17. The molecule has 292 valence electrons. The Labute approximate surface area is 303 Å². The molecule has 0 radical (unpaired) electrons. The van der Waals surface area contributed by atoms with Gasteiger partial charge in [0.1, 0.15) is 12.2 Å². The summed E-state index contributed by atoms with van der Waals surface area (Å²) < 4.78 is 21.1. The summed E-state index contributed by atoms with van der Waals surface area (Å²) in [7, 11) is 1.92. The molecule has 11 heteroatoms. The molecule has 0 aromatic heterocycles. The lowest BCUT2D eigenvalue weighted by Gasteiger charge is -2.64. The summed E-state index contributed by atoms with van der Waals surface area (Å²) in [6, 6.07) is 0.156. The number of halogens is 1. The fourth-order valence-electron chi connectivity index (χ4n) is 11.5. The maximum absolute atomic E-state index is 15.0. The van der Waals surface area contributed by atoms with Gasteiger partial charge in [-0.15, -0.1) is 0 Å². The maximum atomic E-state index is 15.0. The Morgan fingerprint density at radius 2 is 1.68 bits per heavy atom. The van der Waals surface area contributed by atoms with Crippen molar-refractivity contribution in [2.75, 3.05) is 46.3 Å². The molecule has 50 heavy (non-hydrogen) atoms. The molecule has 4 rings (SSSR count). The molecule has 8 unspecified atom stereocenters. The van der Waals surface area contributed by atoms with E-state index in [4.69, 9.17) is 26.9 Å². The van der Waals surface area contributed by atoms with Crippen LogP contribution in [-0.2, 0) is 19.3 Å². The molecule has 0 spiro atoms. The van der Waals surface area contributed by atoms with Crippen molar-refractivity contribution in [2.24, 2.45) is 69.5 Å². The Morgan fingerprint density at radius 1 is 1.02 bits per heavy atom. The van der Waals surface area contributed by atoms with Crippen molar-refractivity contribution >= 4 is 11.9 Å². The first-order valence-corrected chi connectivity index (χ1v) is 20.0. The monoisotopic (exact) mass is 711 g/mol. The van der Waals surface area contributed by atoms with E-state index in [9.17, 15) is 14.1 Å². The number of nitrogens with two attached hydrogens (primary N) is 3. The van der Waals surface area contributed by atoms with E-state index in [0.717, 1.165) is 58.2 Å². The van der Waals surface area contributed by atoms with E-state index in [-0.39, 0.29) is 40.5 Å². The van der Waals surface area contributed by atoms with Crippen LogP contribution in [0.2, 0.25) is 0 Å². The van der Waals surface area contributed by atoms with Gasteiger partial charge in [0.15, 0.2) is 0 Å². The van der Waals surface area contributed by atoms with Crippen molar-refractivity contribution in [2.45, 2.75) is 137 Å². The van der Waals surface area contributed by atoms with Crippen molar-refractivity contribution in [1.82, 2.24) is 15.5 Å². The summed E-state index contributed by atoms with van der Waals surface area (Å²) in [6.07, 6.45) is 5.81. The van der Waals surface area contributed by atoms with Crippen molar-refractivity contribution in [1.29, 1.82) is 0 Å². The molecule has 1 amide bonds. The average molecular weight is 711 g/mol. The van der Waals surface area contributed by atoms with Gasteiger partial charge in [0, 0.05) is 52.2 Å². The molecule has 12 atom stereocenters. The second kappa shape index (κ2) is 18.6. The van der Waals surface area contributed by atoms with Crippen molar-refractivity contribution in [3.63, 3.8) is 0 Å². The van der Waals surface area contributed by atoms with Crippen LogP contribution in [0.25, 0.3) is 0 Å². The summed E-state index contributed by atoms with van der Waals surface area (Å²) in [4.78, 5) is 34.3. The fraction of sp³-hybridized carbons (Fsp3) is 0.949. The van der Waals surface area contributed by atoms with E-state index in [0.29, 0.717) is 56.7 Å². The first kappa shape index (κ1) is 43.0. The Hall–Kier alpha value is -1.37. The number of rotatable bonds is 16. The van der Waals surface area contributed by atoms with Crippen LogP contribution in [-0.4, -0.2) is 86.9 Å². The molecule has 0 aromatic carbocycles. The molecular weight excluding hydrogens is 635 g/mol. The van der Waals surface area contributed by atoms with Gasteiger partial charge in [-0.05, 0) is 103 Å². The van der Waals surface area contributed by atoms with E-state index in [1.54, 1.807) is 0 Å². The minimum absolute atomic E-state index is 0.00265. The highest BCUT2D eigenvalue weighted by Crippen LogP contribution is 2.70. The first-order chi connectivity index (χ1) is 23.7. The van der Waals surface area contributed by atoms with Crippen LogP contribution < -0.4 is 27.8 Å². The summed E-state index contributed by atoms with van der Waals surface area (Å²) in [6.45, 7) is 20.7. The molecule has 4 aliphatic carbocycles. The van der Waals surface area contributed by atoms with Crippen LogP contribution in [0.15, 0.2) is 0 Å². The summed E-state index contributed by atoms with van der Waals surface area (Å²) in [5.74, 6) is -0.0424. The zero-order valence-corrected chi connectivity index (χ0v) is 33.1. The summed E-state index contributed by atoms with van der Waals surface area (Å²) in [5.41, 5.74) is 18.5. The van der Waals surface area contributed by atoms with Crippen LogP contribution >= 0.6 is 0 Å². The number of nitrogens with one attached hydrogen (secondary N) is 2. The van der Waals surface area contributed by atoms with Crippen molar-refractivity contribution in [3.05, 3.63) is 0 Å². The minimum Gasteiger partial charge on any atom is -0.461 e. The number of carbonyl (C=O) groups is 2. The molecule has 8 N–H and O–H groups in total. The molecule has 0 heterocycles. The van der Waals surface area contributed by atoms with E-state index in [2.05, 4.69) is 50.2 Å². The highest BCUT2D eigenvalue weighted by molar-refractivity contribution is 5.80. The predicted molar refractivity (Wildman–Crippen MR) is 199 cm³/mol. The molecule has 0 bridgehead atoms. The second-order valence-corrected chi connectivity index (χ2v) is 17.0. The number of fused-ring (bicyclic) bond motifs is 5. The third kappa shape index (κ3) is 8.70. The number of likely N-dealkylation sites (N-methyl/N-ethyl adjacent to an activating group) is 1. The van der Waals surface area contributed by atoms with E-state index in [1.165, 1.54) is 6.92 Å². The molecule has 10 nitrogen and oxygen atoms in total. The highest BCUT2D eigenvalue weighted by Gasteiger charge is 2.72. The van der Waals surface area contributed by atoms with E-state index in [1.807, 2.05) is 20.9 Å². The average Bonchev–Trinajstić information content (AvgIpc) is 3.29. The Morgan fingerprint density at radius 3 is 2.28 bits per heavy atom. The number of carbonyl (C=O) groups excluding carboxylic acids is 2. The van der Waals surface area contributed by atoms with Gasteiger partial charge in [0.2, 0.25) is 5.91 Å². The molecule has 4 saturated carbocycles. The SMILES string of the molecule is CC.CNCCN(CCN)CCNC(=O)[C@@H](CCCC(C)C)C1(N)C(OC(C)=O)CC2(C)C3CCC4[C@H](C)[C@H](N)CCC4(C)C3[C@H](OF)CC21. The molecule has 0 aliphatic heterocycles. The first-order valence-electron chi connectivity index (χ1n) is 20.0. The van der Waals surface area contributed by atoms with Gasteiger partial charge in [-0.3, -0.25) is 14.5 Å². The largest absolute Gasteiger partial charge is 0.461 e. The normalized spacial score (nSPS) is 38.4. The zero-order chi connectivity index (χ0) is 37.4. The Balaban J connectivity index is 0.00000332. The van der Waals surface area contributed by atoms with Crippen LogP contribution in [0.5, 0.6) is 0 Å². The van der Waals surface area contributed by atoms with Gasteiger partial charge in [-0.1, -0.05) is 61.3 Å². The van der Waals surface area contributed by atoms with Crippen LogP contribution in [0.3, 0.4) is 0 Å². The Bertz CT molecular complexity index is 1090. The van der Waals surface area contributed by atoms with Crippen LogP contribution in [0, 0.1) is 52.3 Å². The molecule has 4 fully saturated rings.